The summed E-state index contributed by atoms with van der Waals surface area (Å²) in [5.74, 6) is -1.33. The van der Waals surface area contributed by atoms with E-state index in [0.717, 1.165) is 16.3 Å². The third-order valence-electron chi connectivity index (χ3n) is 3.86. The fourth-order valence-corrected chi connectivity index (χ4v) is 2.93. The topological polar surface area (TPSA) is 52.6 Å². The van der Waals surface area contributed by atoms with E-state index < -0.39 is 17.8 Å². The first-order valence-electron chi connectivity index (χ1n) is 8.30. The number of ether oxygens (including phenoxy) is 2. The molecular formula is C21H16BrFO4. The van der Waals surface area contributed by atoms with Crippen LogP contribution in [-0.4, -0.2) is 11.9 Å². The second-order valence-corrected chi connectivity index (χ2v) is 6.75. The van der Waals surface area contributed by atoms with Crippen molar-refractivity contribution >= 4 is 38.6 Å². The zero-order valence-electron chi connectivity index (χ0n) is 14.3. The van der Waals surface area contributed by atoms with Crippen molar-refractivity contribution in [2.75, 3.05) is 0 Å². The number of fused-ring (bicyclic) bond motifs is 1. The summed E-state index contributed by atoms with van der Waals surface area (Å²) in [4.78, 5) is 23.7. The van der Waals surface area contributed by atoms with E-state index in [1.165, 1.54) is 18.2 Å². The van der Waals surface area contributed by atoms with Crippen LogP contribution in [0.5, 0.6) is 5.75 Å². The molecule has 3 rings (SSSR count). The van der Waals surface area contributed by atoms with Crippen molar-refractivity contribution in [3.63, 3.8) is 0 Å². The molecule has 4 nitrogen and oxygen atoms in total. The van der Waals surface area contributed by atoms with Gasteiger partial charge < -0.3 is 9.47 Å². The minimum Gasteiger partial charge on any atom is -0.461 e. The number of benzene rings is 3. The lowest BCUT2D eigenvalue weighted by molar-refractivity contribution is -0.148. The van der Waals surface area contributed by atoms with Crippen molar-refractivity contribution in [3.05, 3.63) is 76.5 Å². The molecule has 0 aliphatic carbocycles. The minimum atomic E-state index is -0.593. The molecule has 6 heteroatoms. The number of esters is 2. The van der Waals surface area contributed by atoms with Gasteiger partial charge >= 0.3 is 11.9 Å². The molecule has 0 fully saturated rings. The number of rotatable bonds is 6. The normalized spacial score (nSPS) is 10.6. The lowest BCUT2D eigenvalue weighted by Crippen LogP contribution is -2.12. The van der Waals surface area contributed by atoms with Crippen molar-refractivity contribution in [1.29, 1.82) is 0 Å². The van der Waals surface area contributed by atoms with E-state index in [9.17, 15) is 14.0 Å². The molecule has 0 radical (unpaired) electrons. The molecule has 3 aromatic rings. The largest absolute Gasteiger partial charge is 0.461 e. The van der Waals surface area contributed by atoms with Gasteiger partial charge in [-0.1, -0.05) is 36.4 Å². The van der Waals surface area contributed by atoms with Gasteiger partial charge in [0.15, 0.2) is 0 Å². The molecule has 0 unspecified atom stereocenters. The van der Waals surface area contributed by atoms with E-state index in [1.54, 1.807) is 0 Å². The van der Waals surface area contributed by atoms with Crippen molar-refractivity contribution in [2.24, 2.45) is 0 Å². The van der Waals surface area contributed by atoms with E-state index in [4.69, 9.17) is 9.47 Å². The first-order chi connectivity index (χ1) is 13.0. The maximum Gasteiger partial charge on any atom is 0.311 e. The third kappa shape index (κ3) is 5.37. The predicted octanol–water partition coefficient (Wildman–Crippen LogP) is 5.17. The number of hydrogen-bond donors (Lipinski definition) is 0. The molecule has 0 saturated heterocycles. The fourth-order valence-electron chi connectivity index (χ4n) is 2.50. The minimum absolute atomic E-state index is 0.0920. The molecule has 0 N–H and O–H groups in total. The summed E-state index contributed by atoms with van der Waals surface area (Å²) < 4.78 is 23.7. The Hall–Kier alpha value is -2.73. The highest BCUT2D eigenvalue weighted by Crippen LogP contribution is 2.26. The number of hydrogen-bond acceptors (Lipinski definition) is 4. The van der Waals surface area contributed by atoms with Crippen LogP contribution >= 0.6 is 15.9 Å². The summed E-state index contributed by atoms with van der Waals surface area (Å²) in [6.07, 6.45) is -0.217. The maximum atomic E-state index is 13.0. The van der Waals surface area contributed by atoms with Crippen LogP contribution in [0.2, 0.25) is 0 Å². The van der Waals surface area contributed by atoms with Crippen LogP contribution in [0.1, 0.15) is 18.4 Å². The van der Waals surface area contributed by atoms with Gasteiger partial charge in [0, 0.05) is 0 Å². The average Bonchev–Trinajstić information content (AvgIpc) is 2.67. The highest BCUT2D eigenvalue weighted by Gasteiger charge is 2.12. The molecule has 0 aliphatic heterocycles. The molecule has 27 heavy (non-hydrogen) atoms. The second-order valence-electron chi connectivity index (χ2n) is 5.89. The first-order valence-corrected chi connectivity index (χ1v) is 9.09. The lowest BCUT2D eigenvalue weighted by Gasteiger charge is -2.08. The van der Waals surface area contributed by atoms with Gasteiger partial charge in [0.1, 0.15) is 18.2 Å². The van der Waals surface area contributed by atoms with Crippen LogP contribution in [0.15, 0.2) is 65.1 Å². The molecule has 0 heterocycles. The molecule has 0 aliphatic rings. The zero-order chi connectivity index (χ0) is 19.2. The molecule has 0 spiro atoms. The van der Waals surface area contributed by atoms with Crippen LogP contribution in [0, 0.1) is 5.82 Å². The van der Waals surface area contributed by atoms with Gasteiger partial charge in [-0.2, -0.15) is 0 Å². The number of carbonyl (C=O) groups is 2. The highest BCUT2D eigenvalue weighted by atomic mass is 79.9. The highest BCUT2D eigenvalue weighted by molar-refractivity contribution is 9.10. The van der Waals surface area contributed by atoms with Crippen LogP contribution in [-0.2, 0) is 20.9 Å². The molecular weight excluding hydrogens is 415 g/mol. The molecule has 0 amide bonds. The Balaban J connectivity index is 1.46. The van der Waals surface area contributed by atoms with Crippen molar-refractivity contribution in [1.82, 2.24) is 0 Å². The number of halogens is 2. The van der Waals surface area contributed by atoms with Gasteiger partial charge in [-0.15, -0.1) is 0 Å². The Bertz CT molecular complexity index is 987. The Kier molecular flexibility index (Phi) is 6.19. The predicted molar refractivity (Wildman–Crippen MR) is 103 cm³/mol. The van der Waals surface area contributed by atoms with Crippen molar-refractivity contribution < 1.29 is 23.5 Å². The zero-order valence-corrected chi connectivity index (χ0v) is 15.9. The molecule has 0 bridgehead atoms. The van der Waals surface area contributed by atoms with E-state index in [1.807, 2.05) is 42.5 Å². The van der Waals surface area contributed by atoms with Gasteiger partial charge in [-0.3, -0.25) is 9.59 Å². The van der Waals surface area contributed by atoms with Gasteiger partial charge in [0.2, 0.25) is 0 Å². The smallest absolute Gasteiger partial charge is 0.311 e. The Morgan fingerprint density at radius 1 is 0.889 bits per heavy atom. The summed E-state index contributed by atoms with van der Waals surface area (Å²) in [6, 6.07) is 17.5. The van der Waals surface area contributed by atoms with Gasteiger partial charge in [-0.05, 0) is 56.5 Å². The van der Waals surface area contributed by atoms with Gasteiger partial charge in [-0.25, -0.2) is 4.39 Å². The van der Waals surface area contributed by atoms with E-state index >= 15 is 0 Å². The lowest BCUT2D eigenvalue weighted by atomic mass is 10.1. The summed E-state index contributed by atoms with van der Waals surface area (Å²) in [5.41, 5.74) is 0.875. The molecule has 138 valence electrons. The molecule has 0 saturated carbocycles. The van der Waals surface area contributed by atoms with E-state index in [0.29, 0.717) is 4.47 Å². The van der Waals surface area contributed by atoms with Gasteiger partial charge in [0.25, 0.3) is 0 Å². The molecule has 3 aromatic carbocycles. The van der Waals surface area contributed by atoms with Gasteiger partial charge in [0.05, 0.1) is 17.3 Å². The first kappa shape index (κ1) is 19.0. The summed E-state index contributed by atoms with van der Waals surface area (Å²) in [7, 11) is 0. The summed E-state index contributed by atoms with van der Waals surface area (Å²) >= 11 is 3.11. The maximum absolute atomic E-state index is 13.0. The number of carbonyl (C=O) groups excluding carboxylic acids is 2. The third-order valence-corrected chi connectivity index (χ3v) is 4.48. The standard InChI is InChI=1S/C21H16BrFO4/c22-18-12-17(23)7-8-19(18)27-21(25)10-9-20(24)26-13-14-5-6-15-3-1-2-4-16(15)11-14/h1-8,11-12H,9-10,13H2. The Labute approximate surface area is 164 Å². The van der Waals surface area contributed by atoms with Crippen LogP contribution in [0.25, 0.3) is 10.8 Å². The summed E-state index contributed by atoms with van der Waals surface area (Å²) in [6.45, 7) is 0.141. The Morgan fingerprint density at radius 3 is 2.41 bits per heavy atom. The van der Waals surface area contributed by atoms with E-state index in [-0.39, 0.29) is 25.2 Å². The Morgan fingerprint density at radius 2 is 1.63 bits per heavy atom. The average molecular weight is 431 g/mol. The molecule has 0 atom stereocenters. The fraction of sp³-hybridized carbons (Fsp3) is 0.143. The van der Waals surface area contributed by atoms with Crippen molar-refractivity contribution in [2.45, 2.75) is 19.4 Å². The monoisotopic (exact) mass is 430 g/mol. The van der Waals surface area contributed by atoms with Crippen LogP contribution < -0.4 is 4.74 Å². The van der Waals surface area contributed by atoms with Crippen LogP contribution in [0.3, 0.4) is 0 Å². The van der Waals surface area contributed by atoms with E-state index in [2.05, 4.69) is 15.9 Å². The second kappa shape index (κ2) is 8.77. The van der Waals surface area contributed by atoms with Crippen LogP contribution in [0.4, 0.5) is 4.39 Å². The molecule has 0 aromatic heterocycles. The summed E-state index contributed by atoms with van der Waals surface area (Å²) in [5, 5.41) is 2.18. The van der Waals surface area contributed by atoms with Crippen molar-refractivity contribution in [3.8, 4) is 5.75 Å². The SMILES string of the molecule is O=C(CCC(=O)Oc1ccc(F)cc1Br)OCc1ccc2ccccc2c1. The quantitative estimate of drug-likeness (QED) is 0.399.